The van der Waals surface area contributed by atoms with Crippen molar-refractivity contribution < 1.29 is 8.42 Å². The van der Waals surface area contributed by atoms with Crippen molar-refractivity contribution in [2.75, 3.05) is 4.72 Å². The molecular weight excluding hydrogens is 324 g/mol. The Kier molecular flexibility index (Phi) is 4.35. The first-order chi connectivity index (χ1) is 11.4. The number of fused-ring (bicyclic) bond motifs is 1. The molecule has 0 aliphatic heterocycles. The smallest absolute Gasteiger partial charge is 0.255 e. The minimum atomic E-state index is -3.61. The number of pyridine rings is 1. The number of sulfonamides is 1. The first-order valence-electron chi connectivity index (χ1n) is 7.54. The minimum absolute atomic E-state index is 0.186. The minimum Gasteiger partial charge on any atom is -0.279 e. The number of aromatic nitrogens is 3. The second-order valence-electron chi connectivity index (χ2n) is 5.68. The van der Waals surface area contributed by atoms with E-state index in [9.17, 15) is 8.42 Å². The van der Waals surface area contributed by atoms with Gasteiger partial charge in [-0.05, 0) is 31.6 Å². The molecule has 7 heteroatoms. The quantitative estimate of drug-likeness (QED) is 0.771. The summed E-state index contributed by atoms with van der Waals surface area (Å²) >= 11 is 0. The lowest BCUT2D eigenvalue weighted by molar-refractivity contribution is 0.546. The Morgan fingerprint density at radius 2 is 1.92 bits per heavy atom. The lowest BCUT2D eigenvalue weighted by Crippen LogP contribution is -2.09. The van der Waals surface area contributed by atoms with Crippen molar-refractivity contribution in [3.05, 3.63) is 59.8 Å². The summed E-state index contributed by atoms with van der Waals surface area (Å²) in [6.45, 7) is 4.03. The number of nitrogens with one attached hydrogen (secondary N) is 1. The van der Waals surface area contributed by atoms with Crippen molar-refractivity contribution in [3.8, 4) is 0 Å². The molecule has 2 aromatic heterocycles. The molecule has 24 heavy (non-hydrogen) atoms. The molecule has 1 N–H and O–H groups in total. The molecule has 1 aromatic carbocycles. The molecule has 6 nitrogen and oxygen atoms in total. The first-order valence-corrected chi connectivity index (χ1v) is 9.08. The van der Waals surface area contributed by atoms with Gasteiger partial charge < -0.3 is 0 Å². The molecule has 0 aliphatic carbocycles. The van der Waals surface area contributed by atoms with Gasteiger partial charge in [0.2, 0.25) is 0 Å². The van der Waals surface area contributed by atoms with Crippen molar-refractivity contribution in [2.24, 2.45) is 0 Å². The van der Waals surface area contributed by atoms with E-state index in [1.807, 2.05) is 44.2 Å². The van der Waals surface area contributed by atoms with Crippen LogP contribution in [-0.4, -0.2) is 23.2 Å². The molecule has 0 saturated carbocycles. The van der Waals surface area contributed by atoms with Gasteiger partial charge in [-0.15, -0.1) is 0 Å². The molecule has 0 amide bonds. The van der Waals surface area contributed by atoms with Gasteiger partial charge in [-0.1, -0.05) is 30.3 Å². The maximum Gasteiger partial charge on any atom is 0.255 e. The summed E-state index contributed by atoms with van der Waals surface area (Å²) in [5.74, 6) is 0. The average molecular weight is 342 g/mol. The van der Waals surface area contributed by atoms with Crippen LogP contribution in [0.5, 0.6) is 0 Å². The second-order valence-corrected chi connectivity index (χ2v) is 7.25. The summed E-state index contributed by atoms with van der Waals surface area (Å²) in [7, 11) is -3.61. The van der Waals surface area contributed by atoms with E-state index in [-0.39, 0.29) is 6.04 Å². The fourth-order valence-electron chi connectivity index (χ4n) is 2.30. The predicted molar refractivity (Wildman–Crippen MR) is 95.9 cm³/mol. The van der Waals surface area contributed by atoms with E-state index < -0.39 is 10.0 Å². The molecule has 3 aromatic rings. The number of hydrogen-bond acceptors (Lipinski definition) is 4. The van der Waals surface area contributed by atoms with Gasteiger partial charge in [-0.25, -0.2) is 18.1 Å². The van der Waals surface area contributed by atoms with Crippen molar-refractivity contribution >= 4 is 32.8 Å². The predicted octanol–water partition coefficient (Wildman–Crippen LogP) is 3.42. The van der Waals surface area contributed by atoms with Crippen LogP contribution in [0.25, 0.3) is 17.1 Å². The maximum absolute atomic E-state index is 12.2. The third-order valence-electron chi connectivity index (χ3n) is 3.42. The Morgan fingerprint density at radius 3 is 2.62 bits per heavy atom. The van der Waals surface area contributed by atoms with Crippen LogP contribution >= 0.6 is 0 Å². The van der Waals surface area contributed by atoms with Crippen molar-refractivity contribution in [1.29, 1.82) is 0 Å². The standard InChI is InChI=1S/C17H18N4O2S/c1-13(2)21-17-15(11-19-21)10-16(12-18-17)20-24(22,23)9-8-14-6-4-3-5-7-14/h3-13,20H,1-2H3/b9-8+. The van der Waals surface area contributed by atoms with E-state index in [0.29, 0.717) is 5.69 Å². The van der Waals surface area contributed by atoms with E-state index in [1.165, 1.54) is 6.20 Å². The van der Waals surface area contributed by atoms with Crippen molar-refractivity contribution in [1.82, 2.24) is 14.8 Å². The molecule has 0 radical (unpaired) electrons. The van der Waals surface area contributed by atoms with Crippen LogP contribution in [0.15, 0.2) is 54.2 Å². The summed E-state index contributed by atoms with van der Waals surface area (Å²) in [6, 6.07) is 11.2. The van der Waals surface area contributed by atoms with Crippen LogP contribution < -0.4 is 4.72 Å². The van der Waals surface area contributed by atoms with E-state index in [4.69, 9.17) is 0 Å². The van der Waals surface area contributed by atoms with Crippen LogP contribution in [0.1, 0.15) is 25.5 Å². The lowest BCUT2D eigenvalue weighted by atomic mass is 10.2. The molecule has 2 heterocycles. The van der Waals surface area contributed by atoms with Gasteiger partial charge in [0, 0.05) is 11.4 Å². The lowest BCUT2D eigenvalue weighted by Gasteiger charge is -2.07. The van der Waals surface area contributed by atoms with Crippen LogP contribution in [-0.2, 0) is 10.0 Å². The molecule has 0 atom stereocenters. The van der Waals surface area contributed by atoms with Crippen molar-refractivity contribution in [3.63, 3.8) is 0 Å². The largest absolute Gasteiger partial charge is 0.279 e. The van der Waals surface area contributed by atoms with Gasteiger partial charge in [0.25, 0.3) is 10.0 Å². The van der Waals surface area contributed by atoms with Crippen LogP contribution in [0, 0.1) is 0 Å². The zero-order chi connectivity index (χ0) is 17.2. The number of nitrogens with zero attached hydrogens (tertiary/aromatic N) is 3. The Labute approximate surface area is 140 Å². The highest BCUT2D eigenvalue weighted by Crippen LogP contribution is 2.20. The van der Waals surface area contributed by atoms with Gasteiger partial charge in [0.1, 0.15) is 0 Å². The van der Waals surface area contributed by atoms with E-state index in [1.54, 1.807) is 23.0 Å². The molecule has 0 aliphatic rings. The van der Waals surface area contributed by atoms with Gasteiger partial charge in [0.05, 0.1) is 23.5 Å². The Bertz CT molecular complexity index is 976. The Morgan fingerprint density at radius 1 is 1.17 bits per heavy atom. The summed E-state index contributed by atoms with van der Waals surface area (Å²) in [4.78, 5) is 4.31. The molecule has 0 fully saturated rings. The van der Waals surface area contributed by atoms with E-state index in [0.717, 1.165) is 22.0 Å². The van der Waals surface area contributed by atoms with Crippen LogP contribution in [0.3, 0.4) is 0 Å². The molecular formula is C17H18N4O2S. The molecule has 124 valence electrons. The summed E-state index contributed by atoms with van der Waals surface area (Å²) in [6.07, 6.45) is 4.72. The van der Waals surface area contributed by atoms with Gasteiger partial charge in [0.15, 0.2) is 5.65 Å². The van der Waals surface area contributed by atoms with Gasteiger partial charge in [-0.3, -0.25) is 4.72 Å². The Balaban J connectivity index is 1.82. The van der Waals surface area contributed by atoms with Gasteiger partial charge >= 0.3 is 0 Å². The number of anilines is 1. The Hall–Kier alpha value is -2.67. The summed E-state index contributed by atoms with van der Waals surface area (Å²) in [5, 5.41) is 6.20. The zero-order valence-corrected chi connectivity index (χ0v) is 14.2. The zero-order valence-electron chi connectivity index (χ0n) is 13.4. The SMILES string of the molecule is CC(C)n1ncc2cc(NS(=O)(=O)/C=C/c3ccccc3)cnc21. The highest BCUT2D eigenvalue weighted by molar-refractivity contribution is 7.95. The number of hydrogen-bond donors (Lipinski definition) is 1. The molecule has 0 bridgehead atoms. The molecule has 0 unspecified atom stereocenters. The average Bonchev–Trinajstić information content (AvgIpc) is 2.97. The van der Waals surface area contributed by atoms with Gasteiger partial charge in [-0.2, -0.15) is 5.10 Å². The molecule has 0 saturated heterocycles. The highest BCUT2D eigenvalue weighted by atomic mass is 32.2. The highest BCUT2D eigenvalue weighted by Gasteiger charge is 2.10. The summed E-state index contributed by atoms with van der Waals surface area (Å²) in [5.41, 5.74) is 1.95. The van der Waals surface area contributed by atoms with Crippen LogP contribution in [0.4, 0.5) is 5.69 Å². The maximum atomic E-state index is 12.2. The number of rotatable bonds is 5. The first kappa shape index (κ1) is 16.2. The topological polar surface area (TPSA) is 76.9 Å². The fraction of sp³-hybridized carbons (Fsp3) is 0.176. The molecule has 3 rings (SSSR count). The fourth-order valence-corrected chi connectivity index (χ4v) is 3.15. The van der Waals surface area contributed by atoms with E-state index in [2.05, 4.69) is 14.8 Å². The molecule has 0 spiro atoms. The second kappa shape index (κ2) is 6.45. The van der Waals surface area contributed by atoms with E-state index >= 15 is 0 Å². The number of benzene rings is 1. The third-order valence-corrected chi connectivity index (χ3v) is 4.44. The third kappa shape index (κ3) is 3.62. The summed E-state index contributed by atoms with van der Waals surface area (Å²) < 4.78 is 28.7. The normalized spacial score (nSPS) is 12.3. The van der Waals surface area contributed by atoms with Crippen molar-refractivity contribution in [2.45, 2.75) is 19.9 Å². The monoisotopic (exact) mass is 342 g/mol. The van der Waals surface area contributed by atoms with Crippen LogP contribution in [0.2, 0.25) is 0 Å².